The van der Waals surface area contributed by atoms with Crippen molar-refractivity contribution in [2.45, 2.75) is 24.3 Å². The van der Waals surface area contributed by atoms with Crippen LogP contribution in [-0.4, -0.2) is 41.9 Å². The normalized spacial score (nSPS) is 17.2. The molecule has 0 spiro atoms. The summed E-state index contributed by atoms with van der Waals surface area (Å²) in [6.45, 7) is 0.0383. The number of hydrogen-bond acceptors (Lipinski definition) is 7. The van der Waals surface area contributed by atoms with Gasteiger partial charge in [-0.15, -0.1) is 0 Å². The Labute approximate surface area is 189 Å². The van der Waals surface area contributed by atoms with Gasteiger partial charge in [0.1, 0.15) is 5.82 Å². The van der Waals surface area contributed by atoms with Crippen LogP contribution in [0.4, 0.5) is 4.39 Å². The molecule has 8 nitrogen and oxygen atoms in total. The number of hydrogen-bond donors (Lipinski definition) is 0. The van der Waals surface area contributed by atoms with Gasteiger partial charge in [-0.3, -0.25) is 4.79 Å². The van der Waals surface area contributed by atoms with Crippen LogP contribution in [0.5, 0.6) is 0 Å². The Balaban J connectivity index is 1.36. The van der Waals surface area contributed by atoms with Crippen LogP contribution in [-0.2, 0) is 26.2 Å². The maximum Gasteiger partial charge on any atom is 0.310 e. The number of halogens is 2. The SMILES string of the molecule is O=C(OCc1nc(-c2ccc(Cl)cc2)no1)C1CCCN(S(=O)(=O)c2ccc(F)cc2)C1. The van der Waals surface area contributed by atoms with Crippen LogP contribution in [0.2, 0.25) is 5.02 Å². The smallest absolute Gasteiger partial charge is 0.310 e. The molecule has 1 unspecified atom stereocenters. The molecule has 0 saturated carbocycles. The second-order valence-corrected chi connectivity index (χ2v) is 9.66. The van der Waals surface area contributed by atoms with Gasteiger partial charge >= 0.3 is 5.97 Å². The van der Waals surface area contributed by atoms with Crippen LogP contribution in [0.3, 0.4) is 0 Å². The minimum Gasteiger partial charge on any atom is -0.455 e. The van der Waals surface area contributed by atoms with Gasteiger partial charge in [-0.05, 0) is 61.4 Å². The largest absolute Gasteiger partial charge is 0.455 e. The molecule has 0 N–H and O–H groups in total. The molecule has 0 aliphatic carbocycles. The van der Waals surface area contributed by atoms with Crippen molar-refractivity contribution in [3.05, 3.63) is 65.3 Å². The molecule has 1 aliphatic heterocycles. The summed E-state index contributed by atoms with van der Waals surface area (Å²) in [6.07, 6.45) is 0.996. The van der Waals surface area contributed by atoms with E-state index in [1.165, 1.54) is 16.4 Å². The molecule has 0 radical (unpaired) electrons. The van der Waals surface area contributed by atoms with Gasteiger partial charge in [-0.1, -0.05) is 16.8 Å². The standard InChI is InChI=1S/C21H19ClFN3O5S/c22-16-5-3-14(4-6-16)20-24-19(31-25-20)13-30-21(27)15-2-1-11-26(12-15)32(28,29)18-9-7-17(23)8-10-18/h3-10,15H,1-2,11-13H2. The molecule has 1 aliphatic rings. The molecule has 2 aromatic carbocycles. The second-order valence-electron chi connectivity index (χ2n) is 7.28. The van der Waals surface area contributed by atoms with Crippen LogP contribution >= 0.6 is 11.6 Å². The first-order valence-electron chi connectivity index (χ1n) is 9.84. The minimum atomic E-state index is -3.83. The molecule has 1 saturated heterocycles. The number of carbonyl (C=O) groups excluding carboxylic acids is 1. The van der Waals surface area contributed by atoms with Gasteiger partial charge in [0.25, 0.3) is 5.89 Å². The Morgan fingerprint density at radius 2 is 1.91 bits per heavy atom. The Hall–Kier alpha value is -2.82. The lowest BCUT2D eigenvalue weighted by atomic mass is 10.0. The highest BCUT2D eigenvalue weighted by Crippen LogP contribution is 2.25. The van der Waals surface area contributed by atoms with Crippen LogP contribution in [0.15, 0.2) is 57.9 Å². The van der Waals surface area contributed by atoms with E-state index >= 15 is 0 Å². The number of esters is 1. The Morgan fingerprint density at radius 3 is 2.62 bits per heavy atom. The van der Waals surface area contributed by atoms with E-state index in [0.29, 0.717) is 29.3 Å². The Morgan fingerprint density at radius 1 is 1.19 bits per heavy atom. The van der Waals surface area contributed by atoms with Gasteiger partial charge in [0.05, 0.1) is 10.8 Å². The van der Waals surface area contributed by atoms with Gasteiger partial charge < -0.3 is 9.26 Å². The quantitative estimate of drug-likeness (QED) is 0.497. The zero-order valence-corrected chi connectivity index (χ0v) is 18.4. The van der Waals surface area contributed by atoms with E-state index in [2.05, 4.69) is 10.1 Å². The van der Waals surface area contributed by atoms with Gasteiger partial charge in [0.2, 0.25) is 15.8 Å². The van der Waals surface area contributed by atoms with E-state index in [4.69, 9.17) is 20.9 Å². The monoisotopic (exact) mass is 479 g/mol. The molecule has 168 valence electrons. The zero-order chi connectivity index (χ0) is 22.7. The fourth-order valence-corrected chi connectivity index (χ4v) is 5.04. The third-order valence-electron chi connectivity index (χ3n) is 5.08. The van der Waals surface area contributed by atoms with E-state index in [-0.39, 0.29) is 30.5 Å². The van der Waals surface area contributed by atoms with Gasteiger partial charge in [0, 0.05) is 23.7 Å². The Bertz CT molecular complexity index is 1200. The molecule has 32 heavy (non-hydrogen) atoms. The fraction of sp³-hybridized carbons (Fsp3) is 0.286. The number of aromatic nitrogens is 2. The van der Waals surface area contributed by atoms with Crippen molar-refractivity contribution >= 4 is 27.6 Å². The van der Waals surface area contributed by atoms with Gasteiger partial charge in [-0.25, -0.2) is 12.8 Å². The summed E-state index contributed by atoms with van der Waals surface area (Å²) in [7, 11) is -3.83. The third kappa shape index (κ3) is 4.98. The summed E-state index contributed by atoms with van der Waals surface area (Å²) < 4.78 is 50.4. The average molecular weight is 480 g/mol. The van der Waals surface area contributed by atoms with Crippen molar-refractivity contribution in [2.24, 2.45) is 5.92 Å². The number of sulfonamides is 1. The zero-order valence-electron chi connectivity index (χ0n) is 16.8. The summed E-state index contributed by atoms with van der Waals surface area (Å²) in [6, 6.07) is 11.5. The average Bonchev–Trinajstić information content (AvgIpc) is 3.27. The maximum absolute atomic E-state index is 13.1. The third-order valence-corrected chi connectivity index (χ3v) is 7.21. The van der Waals surface area contributed by atoms with Crippen LogP contribution in [0, 0.1) is 11.7 Å². The topological polar surface area (TPSA) is 103 Å². The number of nitrogens with zero attached hydrogens (tertiary/aromatic N) is 3. The van der Waals surface area contributed by atoms with Crippen molar-refractivity contribution < 1.29 is 26.9 Å². The van der Waals surface area contributed by atoms with Crippen molar-refractivity contribution in [2.75, 3.05) is 13.1 Å². The first kappa shape index (κ1) is 22.4. The number of benzene rings is 2. The van der Waals surface area contributed by atoms with E-state index in [9.17, 15) is 17.6 Å². The predicted molar refractivity (Wildman–Crippen MR) is 112 cm³/mol. The fourth-order valence-electron chi connectivity index (χ4n) is 3.39. The molecule has 2 heterocycles. The molecular formula is C21H19ClFN3O5S. The van der Waals surface area contributed by atoms with Crippen molar-refractivity contribution in [1.82, 2.24) is 14.4 Å². The molecule has 1 atom stereocenters. The lowest BCUT2D eigenvalue weighted by Gasteiger charge is -2.30. The summed E-state index contributed by atoms with van der Waals surface area (Å²) in [5.41, 5.74) is 0.699. The van der Waals surface area contributed by atoms with Gasteiger partial charge in [0.15, 0.2) is 6.61 Å². The summed E-state index contributed by atoms with van der Waals surface area (Å²) in [5.74, 6) is -1.24. The summed E-state index contributed by atoms with van der Waals surface area (Å²) in [5, 5.41) is 4.43. The maximum atomic E-state index is 13.1. The van der Waals surface area contributed by atoms with Crippen molar-refractivity contribution in [3.8, 4) is 11.4 Å². The molecule has 1 aromatic heterocycles. The molecule has 0 amide bonds. The molecule has 11 heteroatoms. The van der Waals surface area contributed by atoms with Crippen molar-refractivity contribution in [3.63, 3.8) is 0 Å². The van der Waals surface area contributed by atoms with Crippen LogP contribution < -0.4 is 0 Å². The number of piperidine rings is 1. The van der Waals surface area contributed by atoms with E-state index < -0.39 is 27.7 Å². The second kappa shape index (κ2) is 9.35. The molecule has 0 bridgehead atoms. The minimum absolute atomic E-state index is 0.0155. The number of ether oxygens (including phenoxy) is 1. The molecule has 1 fully saturated rings. The molecule has 3 aromatic rings. The Kier molecular flexibility index (Phi) is 6.54. The molecule has 4 rings (SSSR count). The highest BCUT2D eigenvalue weighted by Gasteiger charge is 2.34. The van der Waals surface area contributed by atoms with E-state index in [0.717, 1.165) is 12.1 Å². The first-order chi connectivity index (χ1) is 15.3. The van der Waals surface area contributed by atoms with Gasteiger partial charge in [-0.2, -0.15) is 9.29 Å². The summed E-state index contributed by atoms with van der Waals surface area (Å²) >= 11 is 5.86. The van der Waals surface area contributed by atoms with Crippen LogP contribution in [0.25, 0.3) is 11.4 Å². The number of carbonyl (C=O) groups is 1. The highest BCUT2D eigenvalue weighted by atomic mass is 35.5. The van der Waals surface area contributed by atoms with E-state index in [1.807, 2.05) is 0 Å². The van der Waals surface area contributed by atoms with Crippen LogP contribution in [0.1, 0.15) is 18.7 Å². The highest BCUT2D eigenvalue weighted by molar-refractivity contribution is 7.89. The van der Waals surface area contributed by atoms with Crippen molar-refractivity contribution in [1.29, 1.82) is 0 Å². The lowest BCUT2D eigenvalue weighted by Crippen LogP contribution is -2.42. The first-order valence-corrected chi connectivity index (χ1v) is 11.7. The summed E-state index contributed by atoms with van der Waals surface area (Å²) in [4.78, 5) is 16.7. The van der Waals surface area contributed by atoms with E-state index in [1.54, 1.807) is 24.3 Å². The predicted octanol–water partition coefficient (Wildman–Crippen LogP) is 3.67. The lowest BCUT2D eigenvalue weighted by molar-refractivity contribution is -0.151. The number of rotatable bonds is 6. The molecular weight excluding hydrogens is 461 g/mol.